The fourth-order valence-corrected chi connectivity index (χ4v) is 1.47. The van der Waals surface area contributed by atoms with Gasteiger partial charge in [-0.15, -0.1) is 0 Å². The average molecular weight is 285 g/mol. The number of carbonyl (C=O) groups excluding carboxylic acids is 1. The zero-order valence-electron chi connectivity index (χ0n) is 8.97. The minimum atomic E-state index is -0.214. The van der Waals surface area contributed by atoms with Crippen LogP contribution in [0.5, 0.6) is 0 Å². The Hall–Kier alpha value is -1.36. The maximum atomic E-state index is 11.2. The van der Waals surface area contributed by atoms with Gasteiger partial charge in [0.15, 0.2) is 6.54 Å². The Morgan fingerprint density at radius 3 is 3.06 bits per heavy atom. The van der Waals surface area contributed by atoms with Gasteiger partial charge >= 0.3 is 5.97 Å². The first kappa shape index (κ1) is 12.7. The van der Waals surface area contributed by atoms with E-state index in [1.54, 1.807) is 11.5 Å². The lowest BCUT2D eigenvalue weighted by atomic mass is 10.5. The van der Waals surface area contributed by atoms with Crippen LogP contribution in [0.25, 0.3) is 5.52 Å². The summed E-state index contributed by atoms with van der Waals surface area (Å²) in [7, 11) is 0. The Morgan fingerprint density at radius 2 is 2.31 bits per heavy atom. The molecule has 0 spiro atoms. The van der Waals surface area contributed by atoms with E-state index in [1.165, 1.54) is 0 Å². The van der Waals surface area contributed by atoms with E-state index in [0.29, 0.717) is 6.61 Å². The van der Waals surface area contributed by atoms with Gasteiger partial charge in [0.2, 0.25) is 6.33 Å². The molecule has 0 saturated carbocycles. The number of fused-ring (bicyclic) bond motifs is 1. The molecule has 0 amide bonds. The van der Waals surface area contributed by atoms with Gasteiger partial charge in [-0.05, 0) is 19.1 Å². The number of hydrogen-bond donors (Lipinski definition) is 0. The van der Waals surface area contributed by atoms with E-state index in [4.69, 9.17) is 4.74 Å². The molecule has 2 heterocycles. The molecule has 86 valence electrons. The summed E-state index contributed by atoms with van der Waals surface area (Å²) < 4.78 is 8.62. The van der Waals surface area contributed by atoms with E-state index in [2.05, 4.69) is 0 Å². The first-order valence-corrected chi connectivity index (χ1v) is 4.91. The van der Waals surface area contributed by atoms with Crippen LogP contribution in [0.4, 0.5) is 0 Å². The molecule has 2 aromatic heterocycles. The molecule has 2 rings (SSSR count). The summed E-state index contributed by atoms with van der Waals surface area (Å²) in [6.07, 6.45) is 5.68. The summed E-state index contributed by atoms with van der Waals surface area (Å²) in [6, 6.07) is 5.93. The van der Waals surface area contributed by atoms with Crippen molar-refractivity contribution < 1.29 is 31.1 Å². The minimum Gasteiger partial charge on any atom is -1.00 e. The third-order valence-electron chi connectivity index (χ3n) is 2.14. The van der Waals surface area contributed by atoms with E-state index >= 15 is 0 Å². The first-order chi connectivity index (χ1) is 7.29. The highest BCUT2D eigenvalue weighted by atomic mass is 79.9. The second-order valence-corrected chi connectivity index (χ2v) is 3.25. The van der Waals surface area contributed by atoms with Gasteiger partial charge in [0.1, 0.15) is 5.52 Å². The van der Waals surface area contributed by atoms with Gasteiger partial charge in [0, 0.05) is 6.07 Å². The molecule has 0 bridgehead atoms. The molecule has 2 aromatic rings. The quantitative estimate of drug-likeness (QED) is 0.474. The van der Waals surface area contributed by atoms with Crippen molar-refractivity contribution in [2.24, 2.45) is 0 Å². The predicted octanol–water partition coefficient (Wildman–Crippen LogP) is -2.21. The number of esters is 1. The van der Waals surface area contributed by atoms with E-state index in [1.807, 2.05) is 41.3 Å². The van der Waals surface area contributed by atoms with Gasteiger partial charge in [0.25, 0.3) is 0 Å². The number of nitrogens with zero attached hydrogens (tertiary/aromatic N) is 2. The van der Waals surface area contributed by atoms with Crippen LogP contribution in [0.15, 0.2) is 36.9 Å². The van der Waals surface area contributed by atoms with Crippen molar-refractivity contribution in [3.05, 3.63) is 36.9 Å². The van der Waals surface area contributed by atoms with E-state index in [-0.39, 0.29) is 29.5 Å². The van der Waals surface area contributed by atoms with Gasteiger partial charge in [-0.3, -0.25) is 0 Å². The van der Waals surface area contributed by atoms with Crippen LogP contribution < -0.4 is 21.5 Å². The number of ether oxygens (including phenoxy) is 1. The number of aromatic nitrogens is 2. The summed E-state index contributed by atoms with van der Waals surface area (Å²) in [5, 5.41) is 0. The predicted molar refractivity (Wildman–Crippen MR) is 54.2 cm³/mol. The second kappa shape index (κ2) is 5.65. The van der Waals surface area contributed by atoms with Crippen LogP contribution in [0, 0.1) is 0 Å². The fraction of sp³-hybridized carbons (Fsp3) is 0.273. The molecule has 0 fully saturated rings. The Labute approximate surface area is 104 Å². The zero-order chi connectivity index (χ0) is 10.7. The van der Waals surface area contributed by atoms with Crippen LogP contribution in [-0.2, 0) is 16.1 Å². The van der Waals surface area contributed by atoms with Crippen LogP contribution >= 0.6 is 0 Å². The third kappa shape index (κ3) is 2.82. The normalized spacial score (nSPS) is 9.81. The van der Waals surface area contributed by atoms with Crippen molar-refractivity contribution >= 4 is 11.5 Å². The first-order valence-electron chi connectivity index (χ1n) is 4.91. The lowest BCUT2D eigenvalue weighted by Crippen LogP contribution is -3.00. The highest BCUT2D eigenvalue weighted by Crippen LogP contribution is 1.99. The molecule has 0 aromatic carbocycles. The van der Waals surface area contributed by atoms with Crippen molar-refractivity contribution in [3.8, 4) is 0 Å². The molecule has 4 nitrogen and oxygen atoms in total. The molecule has 0 radical (unpaired) electrons. The molecule has 0 atom stereocenters. The monoisotopic (exact) mass is 284 g/mol. The molecule has 0 saturated heterocycles. The largest absolute Gasteiger partial charge is 1.00 e. The van der Waals surface area contributed by atoms with Gasteiger partial charge in [-0.25, -0.2) is 13.8 Å². The topological polar surface area (TPSA) is 34.6 Å². The molecule has 16 heavy (non-hydrogen) atoms. The van der Waals surface area contributed by atoms with Gasteiger partial charge in [0.05, 0.1) is 19.0 Å². The summed E-state index contributed by atoms with van der Waals surface area (Å²) in [5.41, 5.74) is 1.11. The molecule has 0 unspecified atom stereocenters. The molecule has 0 N–H and O–H groups in total. The maximum Gasteiger partial charge on any atom is 0.348 e. The fourth-order valence-electron chi connectivity index (χ4n) is 1.47. The lowest BCUT2D eigenvalue weighted by Gasteiger charge is -2.00. The van der Waals surface area contributed by atoms with E-state index in [0.717, 1.165) is 5.52 Å². The smallest absolute Gasteiger partial charge is 0.348 e. The van der Waals surface area contributed by atoms with Crippen molar-refractivity contribution in [3.63, 3.8) is 0 Å². The SMILES string of the molecule is CCOC(=O)C[n+]1ccc2cccn2c1.[Br-]. The lowest BCUT2D eigenvalue weighted by molar-refractivity contribution is -0.689. The van der Waals surface area contributed by atoms with E-state index in [9.17, 15) is 4.79 Å². The molecular formula is C11H13BrN2O2. The number of hydrogen-bond acceptors (Lipinski definition) is 2. The standard InChI is InChI=1S/C11H13N2O2.BrH/c1-2-15-11(14)8-12-7-5-10-4-3-6-13(10)9-12;/h3-7,9H,2,8H2,1H3;1H/q+1;/p-1. The van der Waals surface area contributed by atoms with Crippen LogP contribution in [0.3, 0.4) is 0 Å². The number of halogens is 1. The highest BCUT2D eigenvalue weighted by Gasteiger charge is 2.07. The van der Waals surface area contributed by atoms with Crippen LogP contribution in [0.1, 0.15) is 6.92 Å². The zero-order valence-corrected chi connectivity index (χ0v) is 10.6. The molecule has 0 aliphatic rings. The summed E-state index contributed by atoms with van der Waals surface area (Å²) >= 11 is 0. The van der Waals surface area contributed by atoms with Crippen molar-refractivity contribution in [2.75, 3.05) is 6.61 Å². The van der Waals surface area contributed by atoms with Crippen molar-refractivity contribution in [1.82, 2.24) is 4.40 Å². The Morgan fingerprint density at radius 1 is 1.50 bits per heavy atom. The number of rotatable bonds is 3. The van der Waals surface area contributed by atoms with Crippen LogP contribution in [-0.4, -0.2) is 17.0 Å². The van der Waals surface area contributed by atoms with Gasteiger partial charge in [-0.1, -0.05) is 0 Å². The summed E-state index contributed by atoms with van der Waals surface area (Å²) in [5.74, 6) is -0.214. The van der Waals surface area contributed by atoms with E-state index < -0.39 is 0 Å². The van der Waals surface area contributed by atoms with Gasteiger partial charge < -0.3 is 21.7 Å². The van der Waals surface area contributed by atoms with Crippen LogP contribution in [0.2, 0.25) is 0 Å². The summed E-state index contributed by atoms with van der Waals surface area (Å²) in [4.78, 5) is 11.2. The molecule has 5 heteroatoms. The molecule has 0 aliphatic heterocycles. The Bertz CT molecular complexity index is 482. The average Bonchev–Trinajstić information content (AvgIpc) is 2.65. The Kier molecular flexibility index (Phi) is 4.49. The number of carbonyl (C=O) groups is 1. The van der Waals surface area contributed by atoms with Gasteiger partial charge in [-0.2, -0.15) is 0 Å². The molecular weight excluding hydrogens is 272 g/mol. The summed E-state index contributed by atoms with van der Waals surface area (Å²) in [6.45, 7) is 2.48. The second-order valence-electron chi connectivity index (χ2n) is 3.25. The highest BCUT2D eigenvalue weighted by molar-refractivity contribution is 5.67. The Balaban J connectivity index is 0.00000128. The molecule has 0 aliphatic carbocycles. The maximum absolute atomic E-state index is 11.2. The van der Waals surface area contributed by atoms with Crippen molar-refractivity contribution in [2.45, 2.75) is 13.5 Å². The van der Waals surface area contributed by atoms with Crippen molar-refractivity contribution in [1.29, 1.82) is 0 Å². The third-order valence-corrected chi connectivity index (χ3v) is 2.14. The minimum absolute atomic E-state index is 0.